The minimum atomic E-state index is -0.255. The number of likely N-dealkylation sites (tertiary alicyclic amines) is 1. The Morgan fingerprint density at radius 3 is 2.68 bits per heavy atom. The molecule has 3 aromatic rings. The normalized spacial score (nSPS) is 15.0. The van der Waals surface area contributed by atoms with E-state index in [1.807, 2.05) is 43.3 Å². The number of aromatic nitrogens is 2. The van der Waals surface area contributed by atoms with Crippen molar-refractivity contribution in [2.24, 2.45) is 0 Å². The second-order valence-electron chi connectivity index (χ2n) is 8.16. The molecule has 7 heteroatoms. The molecule has 2 heterocycles. The number of H-pyrrole nitrogens is 1. The zero-order valence-corrected chi connectivity index (χ0v) is 17.9. The van der Waals surface area contributed by atoms with Gasteiger partial charge < -0.3 is 15.5 Å². The lowest BCUT2D eigenvalue weighted by Crippen LogP contribution is -2.43. The highest BCUT2D eigenvalue weighted by atomic mass is 16.2. The molecule has 1 saturated heterocycles. The molecule has 31 heavy (non-hydrogen) atoms. The number of rotatable bonds is 5. The molecule has 1 aliphatic heterocycles. The molecule has 3 N–H and O–H groups in total. The van der Waals surface area contributed by atoms with Crippen LogP contribution in [-0.4, -0.2) is 53.1 Å². The van der Waals surface area contributed by atoms with Gasteiger partial charge in [-0.1, -0.05) is 18.7 Å². The molecule has 0 atom stereocenters. The maximum absolute atomic E-state index is 12.9. The van der Waals surface area contributed by atoms with Crippen LogP contribution in [0.15, 0.2) is 49.1 Å². The average Bonchev–Trinajstić information content (AvgIpc) is 3.18. The fourth-order valence-electron chi connectivity index (χ4n) is 3.99. The number of benzene rings is 2. The van der Waals surface area contributed by atoms with Crippen molar-refractivity contribution in [2.45, 2.75) is 25.8 Å². The summed E-state index contributed by atoms with van der Waals surface area (Å²) in [6, 6.07) is 11.9. The van der Waals surface area contributed by atoms with E-state index in [-0.39, 0.29) is 17.9 Å². The lowest BCUT2D eigenvalue weighted by Gasteiger charge is -2.29. The van der Waals surface area contributed by atoms with Crippen LogP contribution >= 0.6 is 0 Å². The van der Waals surface area contributed by atoms with Crippen molar-refractivity contribution in [1.29, 1.82) is 0 Å². The Morgan fingerprint density at radius 2 is 1.94 bits per heavy atom. The molecule has 0 unspecified atom stereocenters. The Balaban J connectivity index is 1.62. The highest BCUT2D eigenvalue weighted by Crippen LogP contribution is 2.28. The van der Waals surface area contributed by atoms with E-state index in [2.05, 4.69) is 39.4 Å². The molecule has 1 fully saturated rings. The standard InChI is InChI=1S/C24H27N5O2/c1-4-22(30)25-19-12-15(2)11-17(13-19)16-5-6-21-20(14-16)23(28-27-21)24(31)26-18-7-9-29(3)10-8-18/h4-6,11-14,18H,1,7-10H2,2-3H3,(H,25,30)(H,26,31)(H,27,28). The molecule has 0 saturated carbocycles. The van der Waals surface area contributed by atoms with Gasteiger partial charge in [-0.25, -0.2) is 0 Å². The number of hydrogen-bond acceptors (Lipinski definition) is 4. The molecule has 0 radical (unpaired) electrons. The lowest BCUT2D eigenvalue weighted by atomic mass is 10.00. The van der Waals surface area contributed by atoms with Gasteiger partial charge in [-0.2, -0.15) is 5.10 Å². The van der Waals surface area contributed by atoms with Gasteiger partial charge >= 0.3 is 0 Å². The summed E-state index contributed by atoms with van der Waals surface area (Å²) in [7, 11) is 2.10. The third kappa shape index (κ3) is 4.67. The Labute approximate surface area is 181 Å². The predicted octanol–water partition coefficient (Wildman–Crippen LogP) is 3.49. The maximum atomic E-state index is 12.9. The number of nitrogens with one attached hydrogen (secondary N) is 3. The first kappa shape index (κ1) is 20.8. The molecular formula is C24H27N5O2. The molecule has 1 aromatic heterocycles. The number of carbonyl (C=O) groups is 2. The summed E-state index contributed by atoms with van der Waals surface area (Å²) in [5, 5.41) is 14.0. The van der Waals surface area contributed by atoms with Crippen molar-refractivity contribution >= 4 is 28.4 Å². The lowest BCUT2D eigenvalue weighted by molar-refractivity contribution is -0.111. The third-order valence-electron chi connectivity index (χ3n) is 5.70. The Kier molecular flexibility index (Phi) is 5.86. The largest absolute Gasteiger partial charge is 0.348 e. The third-order valence-corrected chi connectivity index (χ3v) is 5.70. The first-order valence-corrected chi connectivity index (χ1v) is 10.5. The molecule has 160 valence electrons. The Morgan fingerprint density at radius 1 is 1.16 bits per heavy atom. The predicted molar refractivity (Wildman–Crippen MR) is 123 cm³/mol. The zero-order chi connectivity index (χ0) is 22.0. The summed E-state index contributed by atoms with van der Waals surface area (Å²) in [6.45, 7) is 7.43. The van der Waals surface area contributed by atoms with E-state index in [0.29, 0.717) is 11.4 Å². The van der Waals surface area contributed by atoms with Crippen LogP contribution in [0.1, 0.15) is 28.9 Å². The van der Waals surface area contributed by atoms with E-state index in [9.17, 15) is 9.59 Å². The number of aromatic amines is 1. The number of amides is 2. The number of fused-ring (bicyclic) bond motifs is 1. The van der Waals surface area contributed by atoms with Crippen LogP contribution in [0.3, 0.4) is 0 Å². The van der Waals surface area contributed by atoms with Crippen LogP contribution in [0.5, 0.6) is 0 Å². The second-order valence-corrected chi connectivity index (χ2v) is 8.16. The highest BCUT2D eigenvalue weighted by Gasteiger charge is 2.22. The van der Waals surface area contributed by atoms with Crippen LogP contribution in [0.4, 0.5) is 5.69 Å². The van der Waals surface area contributed by atoms with E-state index in [4.69, 9.17) is 0 Å². The molecular weight excluding hydrogens is 390 g/mol. The van der Waals surface area contributed by atoms with Gasteiger partial charge in [0.2, 0.25) is 5.91 Å². The van der Waals surface area contributed by atoms with E-state index in [1.165, 1.54) is 6.08 Å². The molecule has 7 nitrogen and oxygen atoms in total. The summed E-state index contributed by atoms with van der Waals surface area (Å²) < 4.78 is 0. The second kappa shape index (κ2) is 8.73. The van der Waals surface area contributed by atoms with E-state index >= 15 is 0 Å². The molecule has 0 bridgehead atoms. The summed E-state index contributed by atoms with van der Waals surface area (Å²) in [6.07, 6.45) is 3.13. The van der Waals surface area contributed by atoms with Gasteiger partial charge in [-0.05, 0) is 86.9 Å². The van der Waals surface area contributed by atoms with Gasteiger partial charge in [0.15, 0.2) is 5.69 Å². The quantitative estimate of drug-likeness (QED) is 0.555. The maximum Gasteiger partial charge on any atom is 0.272 e. The van der Waals surface area contributed by atoms with Crippen molar-refractivity contribution in [1.82, 2.24) is 20.4 Å². The minimum absolute atomic E-state index is 0.152. The van der Waals surface area contributed by atoms with E-state index in [0.717, 1.165) is 53.5 Å². The molecule has 0 aliphatic carbocycles. The number of aryl methyl sites for hydroxylation is 1. The smallest absolute Gasteiger partial charge is 0.272 e. The summed E-state index contributed by atoms with van der Waals surface area (Å²) in [4.78, 5) is 26.9. The van der Waals surface area contributed by atoms with E-state index in [1.54, 1.807) is 0 Å². The van der Waals surface area contributed by atoms with Crippen molar-refractivity contribution in [2.75, 3.05) is 25.5 Å². The molecule has 2 amide bonds. The first-order valence-electron chi connectivity index (χ1n) is 10.5. The molecule has 1 aliphatic rings. The first-order chi connectivity index (χ1) is 14.9. The minimum Gasteiger partial charge on any atom is -0.348 e. The number of piperidine rings is 1. The number of anilines is 1. The summed E-state index contributed by atoms with van der Waals surface area (Å²) >= 11 is 0. The van der Waals surface area contributed by atoms with Crippen LogP contribution in [0.2, 0.25) is 0 Å². The molecule has 2 aromatic carbocycles. The van der Waals surface area contributed by atoms with Gasteiger partial charge in [0.25, 0.3) is 5.91 Å². The van der Waals surface area contributed by atoms with Crippen molar-refractivity contribution in [3.8, 4) is 11.1 Å². The molecule has 0 spiro atoms. The highest BCUT2D eigenvalue weighted by molar-refractivity contribution is 6.06. The number of hydrogen-bond donors (Lipinski definition) is 3. The van der Waals surface area contributed by atoms with Crippen LogP contribution in [0.25, 0.3) is 22.0 Å². The van der Waals surface area contributed by atoms with Gasteiger partial charge in [0, 0.05) is 17.1 Å². The van der Waals surface area contributed by atoms with Gasteiger partial charge in [-0.3, -0.25) is 14.7 Å². The summed E-state index contributed by atoms with van der Waals surface area (Å²) in [5.41, 5.74) is 4.83. The fraction of sp³-hybridized carbons (Fsp3) is 0.292. The van der Waals surface area contributed by atoms with Crippen LogP contribution < -0.4 is 10.6 Å². The molecule has 4 rings (SSSR count). The van der Waals surface area contributed by atoms with Crippen LogP contribution in [0, 0.1) is 6.92 Å². The zero-order valence-electron chi connectivity index (χ0n) is 17.9. The average molecular weight is 418 g/mol. The van der Waals surface area contributed by atoms with Crippen molar-refractivity contribution in [3.05, 3.63) is 60.3 Å². The van der Waals surface area contributed by atoms with Crippen molar-refractivity contribution < 1.29 is 9.59 Å². The van der Waals surface area contributed by atoms with Crippen LogP contribution in [-0.2, 0) is 4.79 Å². The number of carbonyl (C=O) groups excluding carboxylic acids is 2. The Hall–Kier alpha value is -3.45. The van der Waals surface area contributed by atoms with Gasteiger partial charge in [-0.15, -0.1) is 0 Å². The fourth-order valence-corrected chi connectivity index (χ4v) is 3.99. The SMILES string of the molecule is C=CC(=O)Nc1cc(C)cc(-c2ccc3[nH]nc(C(=O)NC4CCN(C)CC4)c3c2)c1. The monoisotopic (exact) mass is 417 g/mol. The van der Waals surface area contributed by atoms with E-state index < -0.39 is 0 Å². The topological polar surface area (TPSA) is 90.1 Å². The summed E-state index contributed by atoms with van der Waals surface area (Å²) in [5.74, 6) is -0.407. The van der Waals surface area contributed by atoms with Crippen molar-refractivity contribution in [3.63, 3.8) is 0 Å². The Bertz CT molecular complexity index is 1140. The van der Waals surface area contributed by atoms with Gasteiger partial charge in [0.05, 0.1) is 5.52 Å². The number of nitrogens with zero attached hydrogens (tertiary/aromatic N) is 2. The van der Waals surface area contributed by atoms with Gasteiger partial charge in [0.1, 0.15) is 0 Å².